The van der Waals surface area contributed by atoms with Gasteiger partial charge in [-0.3, -0.25) is 4.79 Å². The fourth-order valence-electron chi connectivity index (χ4n) is 1.66. The van der Waals surface area contributed by atoms with Crippen LogP contribution in [0, 0.1) is 0 Å². The van der Waals surface area contributed by atoms with E-state index in [1.165, 1.54) is 0 Å². The Kier molecular flexibility index (Phi) is 5.44. The maximum atomic E-state index is 11.7. The van der Waals surface area contributed by atoms with Crippen LogP contribution in [0.2, 0.25) is 5.02 Å². The Bertz CT molecular complexity index is 587. The Morgan fingerprint density at radius 3 is 2.60 bits per heavy atom. The average molecular weight is 354 g/mol. The number of amides is 1. The Balaban J connectivity index is 1.77. The number of carbonyl (C=O) groups is 1. The molecule has 104 valence electrons. The summed E-state index contributed by atoms with van der Waals surface area (Å²) in [6, 6.07) is 15.1. The van der Waals surface area contributed by atoms with E-state index in [-0.39, 0.29) is 12.5 Å². The van der Waals surface area contributed by atoms with Crippen LogP contribution >= 0.6 is 27.5 Å². The largest absolute Gasteiger partial charge is 0.376 e. The Labute approximate surface area is 131 Å². The summed E-state index contributed by atoms with van der Waals surface area (Å²) in [4.78, 5) is 11.7. The third kappa shape index (κ3) is 4.87. The fourth-order valence-corrected chi connectivity index (χ4v) is 2.14. The SMILES string of the molecule is O=C(CNc1ccc(Br)cc1)NCc1cccc(Cl)c1. The molecule has 0 heterocycles. The van der Waals surface area contributed by atoms with Crippen molar-refractivity contribution in [3.05, 3.63) is 63.6 Å². The molecule has 1 amide bonds. The lowest BCUT2D eigenvalue weighted by atomic mass is 10.2. The van der Waals surface area contributed by atoms with Crippen LogP contribution in [0.4, 0.5) is 5.69 Å². The van der Waals surface area contributed by atoms with Gasteiger partial charge < -0.3 is 10.6 Å². The molecule has 0 aromatic heterocycles. The van der Waals surface area contributed by atoms with Gasteiger partial charge in [-0.1, -0.05) is 39.7 Å². The van der Waals surface area contributed by atoms with Gasteiger partial charge in [-0.25, -0.2) is 0 Å². The van der Waals surface area contributed by atoms with Crippen LogP contribution in [-0.4, -0.2) is 12.5 Å². The van der Waals surface area contributed by atoms with E-state index in [9.17, 15) is 4.79 Å². The standard InChI is InChI=1S/C15H14BrClN2O/c16-12-4-6-14(7-5-12)18-10-15(20)19-9-11-2-1-3-13(17)8-11/h1-8,18H,9-10H2,(H,19,20). The average Bonchev–Trinajstić information content (AvgIpc) is 2.45. The molecule has 0 aliphatic rings. The van der Waals surface area contributed by atoms with E-state index >= 15 is 0 Å². The van der Waals surface area contributed by atoms with E-state index in [0.717, 1.165) is 15.7 Å². The van der Waals surface area contributed by atoms with Crippen LogP contribution in [0.1, 0.15) is 5.56 Å². The van der Waals surface area contributed by atoms with Crippen molar-refractivity contribution in [1.29, 1.82) is 0 Å². The van der Waals surface area contributed by atoms with Crippen LogP contribution in [0.15, 0.2) is 53.0 Å². The normalized spacial score (nSPS) is 10.1. The van der Waals surface area contributed by atoms with Crippen molar-refractivity contribution in [3.8, 4) is 0 Å². The zero-order valence-electron chi connectivity index (χ0n) is 10.7. The molecule has 0 fully saturated rings. The van der Waals surface area contributed by atoms with Crippen LogP contribution in [0.5, 0.6) is 0 Å². The molecule has 20 heavy (non-hydrogen) atoms. The van der Waals surface area contributed by atoms with Gasteiger partial charge >= 0.3 is 0 Å². The summed E-state index contributed by atoms with van der Waals surface area (Å²) >= 11 is 9.25. The van der Waals surface area contributed by atoms with Gasteiger partial charge in [0.2, 0.25) is 5.91 Å². The molecule has 0 saturated carbocycles. The van der Waals surface area contributed by atoms with Crippen molar-refractivity contribution >= 4 is 39.1 Å². The van der Waals surface area contributed by atoms with Crippen LogP contribution < -0.4 is 10.6 Å². The van der Waals surface area contributed by atoms with Crippen molar-refractivity contribution < 1.29 is 4.79 Å². The second-order valence-corrected chi connectivity index (χ2v) is 5.62. The molecule has 0 radical (unpaired) electrons. The minimum atomic E-state index is -0.0621. The Hall–Kier alpha value is -1.52. The van der Waals surface area contributed by atoms with E-state index in [2.05, 4.69) is 26.6 Å². The lowest BCUT2D eigenvalue weighted by Gasteiger charge is -2.08. The number of anilines is 1. The van der Waals surface area contributed by atoms with Crippen molar-refractivity contribution in [2.45, 2.75) is 6.54 Å². The molecule has 5 heteroatoms. The van der Waals surface area contributed by atoms with Gasteiger partial charge in [0, 0.05) is 21.7 Å². The second-order valence-electron chi connectivity index (χ2n) is 4.27. The molecule has 0 aliphatic heterocycles. The molecule has 2 aromatic rings. The van der Waals surface area contributed by atoms with Crippen LogP contribution in [0.3, 0.4) is 0 Å². The maximum absolute atomic E-state index is 11.7. The minimum absolute atomic E-state index is 0.0621. The molecule has 2 rings (SSSR count). The van der Waals surface area contributed by atoms with Crippen molar-refractivity contribution in [2.75, 3.05) is 11.9 Å². The predicted molar refractivity (Wildman–Crippen MR) is 85.9 cm³/mol. The summed E-state index contributed by atoms with van der Waals surface area (Å²) < 4.78 is 1.01. The van der Waals surface area contributed by atoms with Gasteiger partial charge in [-0.2, -0.15) is 0 Å². The van der Waals surface area contributed by atoms with Crippen molar-refractivity contribution in [1.82, 2.24) is 5.32 Å². The summed E-state index contributed by atoms with van der Waals surface area (Å²) in [5.41, 5.74) is 1.89. The lowest BCUT2D eigenvalue weighted by molar-refractivity contribution is -0.119. The zero-order valence-corrected chi connectivity index (χ0v) is 13.0. The van der Waals surface area contributed by atoms with Crippen molar-refractivity contribution in [2.24, 2.45) is 0 Å². The Morgan fingerprint density at radius 1 is 1.15 bits per heavy atom. The number of halogens is 2. The molecule has 2 N–H and O–H groups in total. The topological polar surface area (TPSA) is 41.1 Å². The minimum Gasteiger partial charge on any atom is -0.376 e. The van der Waals surface area contributed by atoms with E-state index in [1.807, 2.05) is 48.5 Å². The number of hydrogen-bond acceptors (Lipinski definition) is 2. The number of carbonyl (C=O) groups excluding carboxylic acids is 1. The first-order valence-corrected chi connectivity index (χ1v) is 7.31. The summed E-state index contributed by atoms with van der Waals surface area (Å²) in [5.74, 6) is -0.0621. The summed E-state index contributed by atoms with van der Waals surface area (Å²) in [6.07, 6.45) is 0. The van der Waals surface area contributed by atoms with E-state index in [1.54, 1.807) is 0 Å². The van der Waals surface area contributed by atoms with Gasteiger partial charge in [0.15, 0.2) is 0 Å². The van der Waals surface area contributed by atoms with Gasteiger partial charge in [-0.15, -0.1) is 0 Å². The highest BCUT2D eigenvalue weighted by Gasteiger charge is 2.01. The first-order valence-electron chi connectivity index (χ1n) is 6.14. The molecular weight excluding hydrogens is 340 g/mol. The molecule has 0 aliphatic carbocycles. The van der Waals surface area contributed by atoms with Gasteiger partial charge in [0.05, 0.1) is 6.54 Å². The van der Waals surface area contributed by atoms with Crippen LogP contribution in [-0.2, 0) is 11.3 Å². The molecular formula is C15H14BrClN2O. The van der Waals surface area contributed by atoms with E-state index in [0.29, 0.717) is 11.6 Å². The molecule has 0 spiro atoms. The second kappa shape index (κ2) is 7.31. The van der Waals surface area contributed by atoms with Gasteiger partial charge in [-0.05, 0) is 42.0 Å². The maximum Gasteiger partial charge on any atom is 0.239 e. The third-order valence-electron chi connectivity index (χ3n) is 2.68. The molecule has 0 saturated heterocycles. The molecule has 0 atom stereocenters. The fraction of sp³-hybridized carbons (Fsp3) is 0.133. The predicted octanol–water partition coefficient (Wildman–Crippen LogP) is 3.83. The van der Waals surface area contributed by atoms with Crippen LogP contribution in [0.25, 0.3) is 0 Å². The smallest absolute Gasteiger partial charge is 0.239 e. The molecule has 0 bridgehead atoms. The quantitative estimate of drug-likeness (QED) is 0.857. The highest BCUT2D eigenvalue weighted by molar-refractivity contribution is 9.10. The number of hydrogen-bond donors (Lipinski definition) is 2. The van der Waals surface area contributed by atoms with E-state index < -0.39 is 0 Å². The number of nitrogens with one attached hydrogen (secondary N) is 2. The van der Waals surface area contributed by atoms with Crippen molar-refractivity contribution in [3.63, 3.8) is 0 Å². The lowest BCUT2D eigenvalue weighted by Crippen LogP contribution is -2.29. The number of benzene rings is 2. The number of rotatable bonds is 5. The summed E-state index contributed by atoms with van der Waals surface area (Å²) in [6.45, 7) is 0.712. The molecule has 2 aromatic carbocycles. The van der Waals surface area contributed by atoms with E-state index in [4.69, 9.17) is 11.6 Å². The summed E-state index contributed by atoms with van der Waals surface area (Å²) in [7, 11) is 0. The molecule has 3 nitrogen and oxygen atoms in total. The van der Waals surface area contributed by atoms with Gasteiger partial charge in [0.1, 0.15) is 0 Å². The Morgan fingerprint density at radius 2 is 1.90 bits per heavy atom. The highest BCUT2D eigenvalue weighted by Crippen LogP contribution is 2.13. The first-order chi connectivity index (χ1) is 9.63. The monoisotopic (exact) mass is 352 g/mol. The van der Waals surface area contributed by atoms with Gasteiger partial charge in [0.25, 0.3) is 0 Å². The molecule has 0 unspecified atom stereocenters. The third-order valence-corrected chi connectivity index (χ3v) is 3.44. The highest BCUT2D eigenvalue weighted by atomic mass is 79.9. The zero-order chi connectivity index (χ0) is 14.4. The summed E-state index contributed by atoms with van der Waals surface area (Å²) in [5, 5.41) is 6.57. The first kappa shape index (κ1) is 14.9.